The summed E-state index contributed by atoms with van der Waals surface area (Å²) in [6, 6.07) is 16.3. The number of nitrogens with zero attached hydrogens (tertiary/aromatic N) is 2. The highest BCUT2D eigenvalue weighted by atomic mass is 35.5. The molecule has 5 rings (SSSR count). The number of benzene rings is 3. The SMILES string of the molecule is COc1ccc([C@H]2c3cc(OC)c(OC)cc3CCN2C(=O)c2c(-c3c(Cl)cccc3Cl)noc2C)cc1. The second-order valence-electron chi connectivity index (χ2n) is 8.89. The third-order valence-electron chi connectivity index (χ3n) is 6.84. The first kappa shape index (κ1) is 25.9. The number of hydrogen-bond donors (Lipinski definition) is 0. The van der Waals surface area contributed by atoms with Crippen molar-refractivity contribution in [2.75, 3.05) is 27.9 Å². The molecular weight excluding hydrogens is 527 g/mol. The smallest absolute Gasteiger partial charge is 0.260 e. The first-order chi connectivity index (χ1) is 18.4. The molecule has 1 aliphatic rings. The molecule has 0 N–H and O–H groups in total. The summed E-state index contributed by atoms with van der Waals surface area (Å²) in [5.74, 6) is 2.10. The van der Waals surface area contributed by atoms with Crippen LogP contribution in [0.1, 0.15) is 38.9 Å². The molecule has 0 unspecified atom stereocenters. The van der Waals surface area contributed by atoms with Gasteiger partial charge in [-0.1, -0.05) is 46.6 Å². The zero-order chi connectivity index (χ0) is 27.0. The number of halogens is 2. The minimum atomic E-state index is -0.416. The van der Waals surface area contributed by atoms with Gasteiger partial charge in [-0.25, -0.2) is 0 Å². The van der Waals surface area contributed by atoms with E-state index in [1.165, 1.54) is 0 Å². The fourth-order valence-corrected chi connectivity index (χ4v) is 5.55. The number of fused-ring (bicyclic) bond motifs is 1. The van der Waals surface area contributed by atoms with Crippen molar-refractivity contribution < 1.29 is 23.5 Å². The molecule has 1 aromatic heterocycles. The predicted molar refractivity (Wildman–Crippen MR) is 146 cm³/mol. The van der Waals surface area contributed by atoms with E-state index in [-0.39, 0.29) is 5.91 Å². The maximum atomic E-state index is 14.4. The Morgan fingerprint density at radius 3 is 2.26 bits per heavy atom. The molecular formula is C29H26Cl2N2O5. The maximum Gasteiger partial charge on any atom is 0.260 e. The molecule has 0 aliphatic carbocycles. The minimum Gasteiger partial charge on any atom is -0.497 e. The van der Waals surface area contributed by atoms with Crippen molar-refractivity contribution in [1.29, 1.82) is 0 Å². The lowest BCUT2D eigenvalue weighted by Gasteiger charge is -2.38. The van der Waals surface area contributed by atoms with Crippen molar-refractivity contribution in [3.05, 3.63) is 92.7 Å². The van der Waals surface area contributed by atoms with Gasteiger partial charge in [0.25, 0.3) is 5.91 Å². The number of carbonyl (C=O) groups excluding carboxylic acids is 1. The Kier molecular flexibility index (Phi) is 7.23. The summed E-state index contributed by atoms with van der Waals surface area (Å²) < 4.78 is 22.0. The van der Waals surface area contributed by atoms with Gasteiger partial charge in [0.15, 0.2) is 11.5 Å². The Bertz CT molecular complexity index is 1480. The summed E-state index contributed by atoms with van der Waals surface area (Å²) in [4.78, 5) is 16.2. The monoisotopic (exact) mass is 552 g/mol. The number of aromatic nitrogens is 1. The Morgan fingerprint density at radius 2 is 1.63 bits per heavy atom. The predicted octanol–water partition coefficient (Wildman–Crippen LogP) is 6.77. The number of methoxy groups -OCH3 is 3. The van der Waals surface area contributed by atoms with Gasteiger partial charge in [-0.15, -0.1) is 0 Å². The van der Waals surface area contributed by atoms with Gasteiger partial charge < -0.3 is 23.6 Å². The summed E-state index contributed by atoms with van der Waals surface area (Å²) in [6.07, 6.45) is 0.626. The molecule has 2 heterocycles. The van der Waals surface area contributed by atoms with Crippen LogP contribution in [-0.2, 0) is 6.42 Å². The van der Waals surface area contributed by atoms with E-state index >= 15 is 0 Å². The summed E-state index contributed by atoms with van der Waals surface area (Å²) in [7, 11) is 4.83. The number of aryl methyl sites for hydroxylation is 1. The molecule has 1 amide bonds. The van der Waals surface area contributed by atoms with Gasteiger partial charge in [-0.3, -0.25) is 4.79 Å². The molecule has 196 valence electrons. The van der Waals surface area contributed by atoms with Gasteiger partial charge in [0.2, 0.25) is 0 Å². The van der Waals surface area contributed by atoms with Crippen LogP contribution in [0.25, 0.3) is 11.3 Å². The zero-order valence-electron chi connectivity index (χ0n) is 21.4. The van der Waals surface area contributed by atoms with E-state index in [1.807, 2.05) is 41.3 Å². The third kappa shape index (κ3) is 4.46. The molecule has 0 radical (unpaired) electrons. The Balaban J connectivity index is 1.67. The molecule has 0 spiro atoms. The van der Waals surface area contributed by atoms with Gasteiger partial charge >= 0.3 is 0 Å². The van der Waals surface area contributed by atoms with E-state index in [1.54, 1.807) is 46.5 Å². The molecule has 38 heavy (non-hydrogen) atoms. The normalized spacial score (nSPS) is 14.7. The average molecular weight is 553 g/mol. The van der Waals surface area contributed by atoms with Crippen molar-refractivity contribution in [2.45, 2.75) is 19.4 Å². The summed E-state index contributed by atoms with van der Waals surface area (Å²) in [5, 5.41) is 4.96. The summed E-state index contributed by atoms with van der Waals surface area (Å²) in [6.45, 7) is 2.17. The van der Waals surface area contributed by atoms with Crippen molar-refractivity contribution in [3.8, 4) is 28.5 Å². The first-order valence-corrected chi connectivity index (χ1v) is 12.7. The molecule has 0 saturated heterocycles. The number of hydrogen-bond acceptors (Lipinski definition) is 6. The van der Waals surface area contributed by atoms with Crippen LogP contribution < -0.4 is 14.2 Å². The molecule has 3 aromatic carbocycles. The average Bonchev–Trinajstić information content (AvgIpc) is 3.31. The van der Waals surface area contributed by atoms with E-state index < -0.39 is 6.04 Å². The highest BCUT2D eigenvalue weighted by Gasteiger charge is 2.37. The molecule has 1 atom stereocenters. The largest absolute Gasteiger partial charge is 0.497 e. The lowest BCUT2D eigenvalue weighted by atomic mass is 9.87. The van der Waals surface area contributed by atoms with E-state index in [2.05, 4.69) is 5.16 Å². The molecule has 9 heteroatoms. The summed E-state index contributed by atoms with van der Waals surface area (Å²) >= 11 is 13.0. The standard InChI is InChI=1S/C29H26Cl2N2O5/c1-16-25(27(32-38-16)26-21(30)6-5-7-22(26)31)29(34)33-13-12-18-14-23(36-3)24(37-4)15-20(18)28(33)17-8-10-19(35-2)11-9-17/h5-11,14-15,28H,12-13H2,1-4H3/t28-/m0/s1. The zero-order valence-corrected chi connectivity index (χ0v) is 22.9. The van der Waals surface area contributed by atoms with E-state index in [0.717, 1.165) is 22.4 Å². The number of carbonyl (C=O) groups is 1. The fraction of sp³-hybridized carbons (Fsp3) is 0.241. The number of ether oxygens (including phenoxy) is 3. The van der Waals surface area contributed by atoms with Gasteiger partial charge in [0.05, 0.1) is 37.4 Å². The Hall–Kier alpha value is -3.68. The van der Waals surface area contributed by atoms with Crippen LogP contribution in [0.3, 0.4) is 0 Å². The third-order valence-corrected chi connectivity index (χ3v) is 7.47. The fourth-order valence-electron chi connectivity index (χ4n) is 4.97. The quantitative estimate of drug-likeness (QED) is 0.262. The van der Waals surface area contributed by atoms with Crippen LogP contribution in [0, 0.1) is 6.92 Å². The molecule has 0 saturated carbocycles. The Labute approximate surface area is 230 Å². The van der Waals surface area contributed by atoms with Crippen LogP contribution >= 0.6 is 23.2 Å². The lowest BCUT2D eigenvalue weighted by molar-refractivity contribution is 0.0693. The maximum absolute atomic E-state index is 14.4. The second kappa shape index (κ2) is 10.6. The van der Waals surface area contributed by atoms with Crippen molar-refractivity contribution in [2.24, 2.45) is 0 Å². The lowest BCUT2D eigenvalue weighted by Crippen LogP contribution is -2.41. The molecule has 7 nitrogen and oxygen atoms in total. The van der Waals surface area contributed by atoms with Crippen LogP contribution in [-0.4, -0.2) is 43.8 Å². The highest BCUT2D eigenvalue weighted by molar-refractivity contribution is 6.39. The van der Waals surface area contributed by atoms with Gasteiger partial charge in [0.1, 0.15) is 22.8 Å². The molecule has 4 aromatic rings. The molecule has 0 bridgehead atoms. The van der Waals surface area contributed by atoms with Crippen LogP contribution in [0.15, 0.2) is 59.1 Å². The van der Waals surface area contributed by atoms with Crippen LogP contribution in [0.4, 0.5) is 0 Å². The topological polar surface area (TPSA) is 74.0 Å². The van der Waals surface area contributed by atoms with Gasteiger partial charge in [0, 0.05) is 12.1 Å². The first-order valence-electron chi connectivity index (χ1n) is 12.0. The van der Waals surface area contributed by atoms with E-state index in [9.17, 15) is 4.79 Å². The minimum absolute atomic E-state index is 0.240. The van der Waals surface area contributed by atoms with Gasteiger partial charge in [-0.2, -0.15) is 0 Å². The number of amides is 1. The molecule has 0 fully saturated rings. The second-order valence-corrected chi connectivity index (χ2v) is 9.70. The molecule has 1 aliphatic heterocycles. The highest BCUT2D eigenvalue weighted by Crippen LogP contribution is 2.43. The van der Waals surface area contributed by atoms with E-state index in [0.29, 0.717) is 57.1 Å². The van der Waals surface area contributed by atoms with Crippen LogP contribution in [0.5, 0.6) is 17.2 Å². The number of rotatable bonds is 6. The van der Waals surface area contributed by atoms with Crippen LogP contribution in [0.2, 0.25) is 10.0 Å². The van der Waals surface area contributed by atoms with Crippen molar-refractivity contribution >= 4 is 29.1 Å². The van der Waals surface area contributed by atoms with Crippen molar-refractivity contribution in [1.82, 2.24) is 10.1 Å². The Morgan fingerprint density at radius 1 is 0.974 bits per heavy atom. The van der Waals surface area contributed by atoms with Crippen molar-refractivity contribution in [3.63, 3.8) is 0 Å². The summed E-state index contributed by atoms with van der Waals surface area (Å²) in [5.41, 5.74) is 4.03. The van der Waals surface area contributed by atoms with Gasteiger partial charge in [-0.05, 0) is 66.4 Å². The van der Waals surface area contributed by atoms with E-state index in [4.69, 9.17) is 41.9 Å².